The number of fused-ring (bicyclic) bond motifs is 1. The average molecular weight is 248 g/mol. The van der Waals surface area contributed by atoms with Gasteiger partial charge in [0.15, 0.2) is 17.4 Å². The summed E-state index contributed by atoms with van der Waals surface area (Å²) in [7, 11) is 0. The van der Waals surface area contributed by atoms with E-state index in [-0.39, 0.29) is 11.7 Å². The van der Waals surface area contributed by atoms with Crippen molar-refractivity contribution >= 4 is 17.6 Å². The highest BCUT2D eigenvalue weighted by atomic mass is 16.4. The predicted molar refractivity (Wildman–Crippen MR) is 65.7 cm³/mol. The zero-order chi connectivity index (χ0) is 12.7. The predicted octanol–water partition coefficient (Wildman–Crippen LogP) is 1.29. The maximum absolute atomic E-state index is 11.6. The van der Waals surface area contributed by atoms with Crippen molar-refractivity contribution in [1.29, 1.82) is 0 Å². The van der Waals surface area contributed by atoms with Crippen LogP contribution in [0.2, 0.25) is 0 Å². The van der Waals surface area contributed by atoms with Gasteiger partial charge in [0.05, 0.1) is 0 Å². The highest BCUT2D eigenvalue weighted by molar-refractivity contribution is 5.91. The quantitative estimate of drug-likeness (QED) is 0.740. The van der Waals surface area contributed by atoms with Crippen LogP contribution in [0.3, 0.4) is 0 Å². The van der Waals surface area contributed by atoms with Gasteiger partial charge in [0.2, 0.25) is 5.91 Å². The number of nitrogens with zero attached hydrogens (tertiary/aromatic N) is 2. The summed E-state index contributed by atoms with van der Waals surface area (Å²) < 4.78 is 5.53. The van der Waals surface area contributed by atoms with Crippen LogP contribution in [-0.4, -0.2) is 42.3 Å². The van der Waals surface area contributed by atoms with Gasteiger partial charge < -0.3 is 14.2 Å². The molecule has 1 amide bonds. The minimum atomic E-state index is -0.0593. The van der Waals surface area contributed by atoms with Crippen LogP contribution in [0.15, 0.2) is 16.5 Å². The molecule has 0 aliphatic carbocycles. The van der Waals surface area contributed by atoms with Crippen LogP contribution in [0.4, 0.5) is 5.88 Å². The molecule has 2 aliphatic rings. The number of hydrogen-bond acceptors (Lipinski definition) is 4. The first-order valence-corrected chi connectivity index (χ1v) is 6.30. The first-order valence-electron chi connectivity index (χ1n) is 6.30. The van der Waals surface area contributed by atoms with E-state index in [1.807, 2.05) is 11.0 Å². The Morgan fingerprint density at radius 1 is 1.39 bits per heavy atom. The molecule has 96 valence electrons. The summed E-state index contributed by atoms with van der Waals surface area (Å²) in [5, 5.41) is 0. The van der Waals surface area contributed by atoms with Crippen LogP contribution in [0.5, 0.6) is 0 Å². The topological polar surface area (TPSA) is 53.8 Å². The van der Waals surface area contributed by atoms with E-state index in [0.717, 1.165) is 31.9 Å². The second kappa shape index (κ2) is 4.15. The minimum absolute atomic E-state index is 0.0593. The molecule has 0 saturated carbocycles. The van der Waals surface area contributed by atoms with Gasteiger partial charge in [0.25, 0.3) is 0 Å². The average Bonchev–Trinajstić information content (AvgIpc) is 2.96. The smallest absolute Gasteiger partial charge is 0.223 e. The van der Waals surface area contributed by atoms with E-state index in [2.05, 4.69) is 4.90 Å². The molecule has 5 nitrogen and oxygen atoms in total. The van der Waals surface area contributed by atoms with E-state index in [9.17, 15) is 9.59 Å². The van der Waals surface area contributed by atoms with Crippen LogP contribution < -0.4 is 4.90 Å². The first kappa shape index (κ1) is 11.3. The van der Waals surface area contributed by atoms with Crippen molar-refractivity contribution in [2.24, 2.45) is 0 Å². The molecule has 0 radical (unpaired) electrons. The van der Waals surface area contributed by atoms with E-state index < -0.39 is 0 Å². The monoisotopic (exact) mass is 248 g/mol. The molecule has 3 heterocycles. The van der Waals surface area contributed by atoms with Crippen LogP contribution in [-0.2, 0) is 4.79 Å². The lowest BCUT2D eigenvalue weighted by Gasteiger charge is -2.37. The van der Waals surface area contributed by atoms with Crippen LogP contribution in [0.25, 0.3) is 0 Å². The van der Waals surface area contributed by atoms with Crippen molar-refractivity contribution in [1.82, 2.24) is 4.90 Å². The lowest BCUT2D eigenvalue weighted by Crippen LogP contribution is -2.51. The summed E-state index contributed by atoms with van der Waals surface area (Å²) in [6.07, 6.45) is 1.59. The van der Waals surface area contributed by atoms with Gasteiger partial charge in [-0.05, 0) is 12.5 Å². The second-order valence-corrected chi connectivity index (χ2v) is 4.92. The first-order chi connectivity index (χ1) is 8.65. The molecule has 0 bridgehead atoms. The number of furan rings is 1. The van der Waals surface area contributed by atoms with Gasteiger partial charge in [-0.3, -0.25) is 9.59 Å². The van der Waals surface area contributed by atoms with Crippen molar-refractivity contribution < 1.29 is 14.0 Å². The van der Waals surface area contributed by atoms with E-state index in [0.29, 0.717) is 18.2 Å². The van der Waals surface area contributed by atoms with Gasteiger partial charge in [0, 0.05) is 45.1 Å². The zero-order valence-electron chi connectivity index (χ0n) is 10.4. The molecule has 1 unspecified atom stereocenters. The molecular formula is C13H16N2O3. The third-order valence-corrected chi connectivity index (χ3v) is 3.74. The van der Waals surface area contributed by atoms with Gasteiger partial charge in [0.1, 0.15) is 0 Å². The summed E-state index contributed by atoms with van der Waals surface area (Å²) in [6.45, 7) is 3.82. The van der Waals surface area contributed by atoms with Crippen molar-refractivity contribution in [3.63, 3.8) is 0 Å². The number of amides is 1. The second-order valence-electron chi connectivity index (χ2n) is 4.92. The fourth-order valence-electron chi connectivity index (χ4n) is 2.75. The normalized spacial score (nSPS) is 23.4. The van der Waals surface area contributed by atoms with E-state index in [4.69, 9.17) is 4.42 Å². The Hall–Kier alpha value is -1.78. The lowest BCUT2D eigenvalue weighted by molar-refractivity contribution is -0.129. The number of ketones is 1. The number of piperazine rings is 1. The van der Waals surface area contributed by atoms with E-state index >= 15 is 0 Å². The molecule has 5 heteroatoms. The van der Waals surface area contributed by atoms with Gasteiger partial charge in [-0.25, -0.2) is 0 Å². The molecule has 0 N–H and O–H groups in total. The minimum Gasteiger partial charge on any atom is -0.437 e. The summed E-state index contributed by atoms with van der Waals surface area (Å²) in [5.41, 5.74) is 0. The standard InChI is InChI=1S/C13H16N2O3/c1-9(16)11-3-5-13(18-11)14-6-7-15-10(8-14)2-4-12(15)17/h3,5,10H,2,4,6-8H2,1H3. The summed E-state index contributed by atoms with van der Waals surface area (Å²) in [6, 6.07) is 3.85. The number of carbonyl (C=O) groups is 2. The van der Waals surface area contributed by atoms with Gasteiger partial charge in [-0.15, -0.1) is 0 Å². The van der Waals surface area contributed by atoms with Crippen molar-refractivity contribution in [3.05, 3.63) is 17.9 Å². The third-order valence-electron chi connectivity index (χ3n) is 3.74. The number of hydrogen-bond donors (Lipinski definition) is 0. The molecule has 18 heavy (non-hydrogen) atoms. The summed E-state index contributed by atoms with van der Waals surface area (Å²) in [4.78, 5) is 26.9. The highest BCUT2D eigenvalue weighted by Crippen LogP contribution is 2.27. The Bertz CT molecular complexity index is 494. The molecule has 0 aromatic carbocycles. The molecular weight excluding hydrogens is 232 g/mol. The third kappa shape index (κ3) is 1.79. The van der Waals surface area contributed by atoms with Crippen LogP contribution in [0, 0.1) is 0 Å². The van der Waals surface area contributed by atoms with Crippen LogP contribution in [0.1, 0.15) is 30.3 Å². The van der Waals surface area contributed by atoms with E-state index in [1.54, 1.807) is 6.07 Å². The fourth-order valence-corrected chi connectivity index (χ4v) is 2.75. The molecule has 0 spiro atoms. The number of anilines is 1. The fraction of sp³-hybridized carbons (Fsp3) is 0.538. The summed E-state index contributed by atoms with van der Waals surface area (Å²) in [5.74, 6) is 1.34. The van der Waals surface area contributed by atoms with Gasteiger partial charge in [-0.2, -0.15) is 0 Å². The zero-order valence-corrected chi connectivity index (χ0v) is 10.4. The number of Topliss-reactive ketones (excluding diaryl/α,β-unsaturated/α-hetero) is 1. The maximum Gasteiger partial charge on any atom is 0.223 e. The Morgan fingerprint density at radius 3 is 2.94 bits per heavy atom. The molecule has 3 rings (SSSR count). The lowest BCUT2D eigenvalue weighted by atomic mass is 10.1. The van der Waals surface area contributed by atoms with Crippen molar-refractivity contribution in [2.75, 3.05) is 24.5 Å². The molecule has 1 aromatic heterocycles. The molecule has 2 fully saturated rings. The van der Waals surface area contributed by atoms with Gasteiger partial charge >= 0.3 is 0 Å². The van der Waals surface area contributed by atoms with Gasteiger partial charge in [-0.1, -0.05) is 0 Å². The number of rotatable bonds is 2. The van der Waals surface area contributed by atoms with Crippen molar-refractivity contribution in [3.8, 4) is 0 Å². The summed E-state index contributed by atoms with van der Waals surface area (Å²) >= 11 is 0. The molecule has 1 atom stereocenters. The maximum atomic E-state index is 11.6. The largest absolute Gasteiger partial charge is 0.437 e. The van der Waals surface area contributed by atoms with Crippen LogP contribution >= 0.6 is 0 Å². The Labute approximate surface area is 105 Å². The van der Waals surface area contributed by atoms with Crippen molar-refractivity contribution in [2.45, 2.75) is 25.8 Å². The number of carbonyl (C=O) groups excluding carboxylic acids is 2. The molecule has 2 aliphatic heterocycles. The Morgan fingerprint density at radius 2 is 2.22 bits per heavy atom. The molecule has 1 aromatic rings. The Kier molecular flexibility index (Phi) is 2.61. The SMILES string of the molecule is CC(=O)c1ccc(N2CCN3C(=O)CCC3C2)o1. The Balaban J connectivity index is 1.74. The molecule has 2 saturated heterocycles. The highest BCUT2D eigenvalue weighted by Gasteiger charge is 2.36. The van der Waals surface area contributed by atoms with E-state index in [1.165, 1.54) is 6.92 Å².